The Balaban J connectivity index is 2.66. The normalized spacial score (nSPS) is 22.7. The number of halogens is 3. The molecule has 1 fully saturated rings. The molecule has 6 nitrogen and oxygen atoms in total. The third-order valence-corrected chi connectivity index (χ3v) is 4.69. The summed E-state index contributed by atoms with van der Waals surface area (Å²) in [5, 5.41) is 2.33. The molecule has 0 aromatic rings. The third-order valence-electron chi connectivity index (χ3n) is 4.69. The Morgan fingerprint density at radius 3 is 2.41 bits per heavy atom. The van der Waals surface area contributed by atoms with Gasteiger partial charge in [-0.25, -0.2) is 4.79 Å². The Kier molecular flexibility index (Phi) is 8.53. The highest BCUT2D eigenvalue weighted by Crippen LogP contribution is 2.25. The van der Waals surface area contributed by atoms with Crippen LogP contribution in [0.5, 0.6) is 0 Å². The van der Waals surface area contributed by atoms with E-state index in [0.29, 0.717) is 18.7 Å². The van der Waals surface area contributed by atoms with Crippen molar-refractivity contribution in [3.05, 3.63) is 0 Å². The summed E-state index contributed by atoms with van der Waals surface area (Å²) in [7, 11) is 1.98. The van der Waals surface area contributed by atoms with Gasteiger partial charge in [-0.2, -0.15) is 13.2 Å². The van der Waals surface area contributed by atoms with E-state index in [2.05, 4.69) is 17.1 Å². The van der Waals surface area contributed by atoms with Crippen molar-refractivity contribution in [3.63, 3.8) is 0 Å². The number of aldehydes is 1. The maximum Gasteiger partial charge on any atom is 0.408 e. The van der Waals surface area contributed by atoms with Crippen LogP contribution in [0, 0.1) is 0 Å². The van der Waals surface area contributed by atoms with E-state index < -0.39 is 30.5 Å². The molecule has 27 heavy (non-hydrogen) atoms. The van der Waals surface area contributed by atoms with Crippen LogP contribution in [0.3, 0.4) is 0 Å². The van der Waals surface area contributed by atoms with Crippen molar-refractivity contribution in [3.8, 4) is 0 Å². The average Bonchev–Trinajstić information content (AvgIpc) is 2.80. The molecule has 0 saturated carbocycles. The second-order valence-corrected chi connectivity index (χ2v) is 8.27. The maximum atomic E-state index is 12.9. The average molecular weight is 395 g/mol. The van der Waals surface area contributed by atoms with Crippen molar-refractivity contribution >= 4 is 12.4 Å². The number of nitrogens with one attached hydrogen (secondary N) is 1. The van der Waals surface area contributed by atoms with Crippen LogP contribution in [0.4, 0.5) is 18.0 Å². The van der Waals surface area contributed by atoms with E-state index in [9.17, 15) is 22.8 Å². The molecule has 1 N–H and O–H groups in total. The number of rotatable bonds is 8. The minimum Gasteiger partial charge on any atom is -0.444 e. The predicted octanol–water partition coefficient (Wildman–Crippen LogP) is 2.82. The molecule has 158 valence electrons. The van der Waals surface area contributed by atoms with Gasteiger partial charge in [-0.3, -0.25) is 4.90 Å². The van der Waals surface area contributed by atoms with Crippen LogP contribution < -0.4 is 5.32 Å². The van der Waals surface area contributed by atoms with E-state index >= 15 is 0 Å². The van der Waals surface area contributed by atoms with E-state index in [1.165, 1.54) is 4.90 Å². The third kappa shape index (κ3) is 9.41. The van der Waals surface area contributed by atoms with Crippen molar-refractivity contribution in [1.29, 1.82) is 0 Å². The summed E-state index contributed by atoms with van der Waals surface area (Å²) in [5.74, 6) is 0. The lowest BCUT2D eigenvalue weighted by Crippen LogP contribution is -2.49. The Bertz CT molecular complexity index is 494. The number of alkyl halides is 3. The molecule has 1 aliphatic rings. The molecule has 1 amide bonds. The molecule has 0 radical (unpaired) electrons. The van der Waals surface area contributed by atoms with E-state index in [4.69, 9.17) is 4.74 Å². The molecule has 0 aliphatic carbocycles. The van der Waals surface area contributed by atoms with Gasteiger partial charge in [0.25, 0.3) is 0 Å². The minimum atomic E-state index is -4.38. The number of hydrogen-bond acceptors (Lipinski definition) is 5. The highest BCUT2D eigenvalue weighted by molar-refractivity contribution is 5.73. The fourth-order valence-corrected chi connectivity index (χ4v) is 3.23. The summed E-state index contributed by atoms with van der Waals surface area (Å²) in [6, 6.07) is -0.422. The standard InChI is InChI=1S/C18H32F3N3O3/c1-13-6-7-15(23(13)5)8-9-24(12-18(19,20)21)10-14(11-25)22-16(26)27-17(2,3)4/h11,13-15H,6-10,12H2,1-5H3,(H,22,26). The van der Waals surface area contributed by atoms with Gasteiger partial charge >= 0.3 is 12.3 Å². The van der Waals surface area contributed by atoms with Crippen LogP contribution in [0.1, 0.15) is 47.0 Å². The number of alkyl carbamates (subject to hydrolysis) is 1. The number of carbonyl (C=O) groups excluding carboxylic acids is 2. The lowest BCUT2D eigenvalue weighted by molar-refractivity contribution is -0.147. The molecule has 3 unspecified atom stereocenters. The maximum absolute atomic E-state index is 12.9. The first-order chi connectivity index (χ1) is 12.3. The SMILES string of the molecule is CC1CCC(CCN(CC(C=O)NC(=O)OC(C)(C)C)CC(F)(F)F)N1C. The molecule has 0 aromatic carbocycles. The Morgan fingerprint density at radius 1 is 1.33 bits per heavy atom. The van der Waals surface area contributed by atoms with Crippen molar-refractivity contribution in [1.82, 2.24) is 15.1 Å². The molecule has 9 heteroatoms. The molecule has 1 rings (SSSR count). The fraction of sp³-hybridized carbons (Fsp3) is 0.889. The van der Waals surface area contributed by atoms with Gasteiger partial charge in [-0.05, 0) is 54.0 Å². The first-order valence-electron chi connectivity index (χ1n) is 9.26. The largest absolute Gasteiger partial charge is 0.444 e. The number of nitrogens with zero attached hydrogens (tertiary/aromatic N) is 2. The van der Waals surface area contributed by atoms with Gasteiger partial charge in [0.15, 0.2) is 0 Å². The van der Waals surface area contributed by atoms with Crippen LogP contribution in [-0.2, 0) is 9.53 Å². The zero-order valence-electron chi connectivity index (χ0n) is 16.8. The monoisotopic (exact) mass is 395 g/mol. The zero-order chi connectivity index (χ0) is 20.8. The van der Waals surface area contributed by atoms with Gasteiger partial charge in [-0.1, -0.05) is 0 Å². The summed E-state index contributed by atoms with van der Waals surface area (Å²) in [4.78, 5) is 26.4. The van der Waals surface area contributed by atoms with Gasteiger partial charge in [0.2, 0.25) is 0 Å². The second kappa shape index (κ2) is 9.73. The highest BCUT2D eigenvalue weighted by Gasteiger charge is 2.33. The van der Waals surface area contributed by atoms with E-state index in [1.807, 2.05) is 7.05 Å². The number of likely N-dealkylation sites (tertiary alicyclic amines) is 1. The molecule has 1 saturated heterocycles. The van der Waals surface area contributed by atoms with Crippen LogP contribution in [0.2, 0.25) is 0 Å². The van der Waals surface area contributed by atoms with Gasteiger partial charge < -0.3 is 19.7 Å². The lowest BCUT2D eigenvalue weighted by atomic mass is 10.1. The lowest BCUT2D eigenvalue weighted by Gasteiger charge is -2.30. The van der Waals surface area contributed by atoms with Crippen molar-refractivity contribution in [2.24, 2.45) is 0 Å². The molecular formula is C18H32F3N3O3. The topological polar surface area (TPSA) is 61.9 Å². The first kappa shape index (κ1) is 23.7. The first-order valence-corrected chi connectivity index (χ1v) is 9.26. The number of ether oxygens (including phenoxy) is 1. The molecule has 1 heterocycles. The van der Waals surface area contributed by atoms with Crippen LogP contribution in [0.15, 0.2) is 0 Å². The fourth-order valence-electron chi connectivity index (χ4n) is 3.23. The predicted molar refractivity (Wildman–Crippen MR) is 96.6 cm³/mol. The molecule has 0 spiro atoms. The highest BCUT2D eigenvalue weighted by atomic mass is 19.4. The van der Waals surface area contributed by atoms with Gasteiger partial charge in [0.1, 0.15) is 17.9 Å². The molecule has 0 bridgehead atoms. The van der Waals surface area contributed by atoms with Crippen molar-refractivity contribution in [2.45, 2.75) is 76.9 Å². The van der Waals surface area contributed by atoms with E-state index in [0.717, 1.165) is 12.8 Å². The minimum absolute atomic E-state index is 0.196. The van der Waals surface area contributed by atoms with E-state index in [-0.39, 0.29) is 19.1 Å². The van der Waals surface area contributed by atoms with Gasteiger partial charge in [0, 0.05) is 25.2 Å². The van der Waals surface area contributed by atoms with E-state index in [1.54, 1.807) is 20.8 Å². The number of carbonyl (C=O) groups is 2. The smallest absolute Gasteiger partial charge is 0.408 e. The van der Waals surface area contributed by atoms with Crippen LogP contribution >= 0.6 is 0 Å². The Hall–Kier alpha value is -1.35. The summed E-state index contributed by atoms with van der Waals surface area (Å²) < 4.78 is 43.9. The molecule has 0 aromatic heterocycles. The molecule has 3 atom stereocenters. The Morgan fingerprint density at radius 2 is 1.96 bits per heavy atom. The van der Waals surface area contributed by atoms with Crippen LogP contribution in [-0.4, -0.2) is 78.8 Å². The second-order valence-electron chi connectivity index (χ2n) is 8.27. The van der Waals surface area contributed by atoms with Gasteiger partial charge in [0.05, 0.1) is 6.54 Å². The summed E-state index contributed by atoms with van der Waals surface area (Å²) >= 11 is 0. The van der Waals surface area contributed by atoms with Crippen LogP contribution in [0.25, 0.3) is 0 Å². The van der Waals surface area contributed by atoms with Gasteiger partial charge in [-0.15, -0.1) is 0 Å². The number of amides is 1. The van der Waals surface area contributed by atoms with Crippen molar-refractivity contribution in [2.75, 3.05) is 26.7 Å². The summed E-state index contributed by atoms with van der Waals surface area (Å²) in [5.41, 5.74) is -0.757. The summed E-state index contributed by atoms with van der Waals surface area (Å²) in [6.45, 7) is 5.95. The molecule has 1 aliphatic heterocycles. The molecular weight excluding hydrogens is 363 g/mol. The number of hydrogen-bond donors (Lipinski definition) is 1. The zero-order valence-corrected chi connectivity index (χ0v) is 16.8. The Labute approximate surface area is 159 Å². The quantitative estimate of drug-likeness (QED) is 0.641. The summed E-state index contributed by atoms with van der Waals surface area (Å²) in [6.07, 6.45) is -2.21. The van der Waals surface area contributed by atoms with Crippen molar-refractivity contribution < 1.29 is 27.5 Å².